The molecule has 1 aromatic heterocycles. The number of nitrogens with two attached hydrogens (primary N) is 2. The first kappa shape index (κ1) is 33.7. The van der Waals surface area contributed by atoms with Crippen LogP contribution in [0.1, 0.15) is 49.6 Å². The predicted octanol–water partition coefficient (Wildman–Crippen LogP) is 7.34. The van der Waals surface area contributed by atoms with Crippen molar-refractivity contribution in [2.45, 2.75) is 39.0 Å². The molecule has 0 aliphatic carbocycles. The average Bonchev–Trinajstić information content (AvgIpc) is 3.80. The molecule has 5 N–H and O–H groups in total. The number of aryl methyl sites for hydroxylation is 2. The van der Waals surface area contributed by atoms with E-state index in [-0.39, 0.29) is 18.5 Å². The number of amides is 1. The van der Waals surface area contributed by atoms with Crippen molar-refractivity contribution in [1.82, 2.24) is 14.5 Å². The summed E-state index contributed by atoms with van der Waals surface area (Å²) >= 11 is 0. The van der Waals surface area contributed by atoms with Gasteiger partial charge in [-0.15, -0.1) is 0 Å². The van der Waals surface area contributed by atoms with E-state index >= 15 is 0 Å². The summed E-state index contributed by atoms with van der Waals surface area (Å²) in [7, 11) is 0. The van der Waals surface area contributed by atoms with Crippen LogP contribution in [0.15, 0.2) is 127 Å². The molecule has 0 atom stereocenters. The molecule has 2 heterocycles. The lowest BCUT2D eigenvalue weighted by molar-refractivity contribution is 0.0730. The molecule has 0 radical (unpaired) electrons. The minimum atomic E-state index is -0.0691. The molecule has 7 aromatic rings. The summed E-state index contributed by atoms with van der Waals surface area (Å²) in [5.74, 6) is 2.36. The standard InChI is InChI=1S/C44H40N6O3/c45-24-30-5-7-31(8-6-30)25-49(26-32-11-14-34-3-1-2-4-36(34)21-32)44(51)37-17-18-39-38(23-37)48-42(20-13-29-9-15-35(16-10-29)43(46)47)50(39)27-33-12-19-40-41(22-33)53-28-52-40/h1-12,14-19,21-23H,13,20,24-28,45H2,(H3,46,47). The molecule has 6 aromatic carbocycles. The lowest BCUT2D eigenvalue weighted by Gasteiger charge is -2.24. The van der Waals surface area contributed by atoms with Crippen molar-refractivity contribution in [3.8, 4) is 11.5 Å². The number of aromatic nitrogens is 2. The van der Waals surface area contributed by atoms with Crippen LogP contribution < -0.4 is 20.9 Å². The third-order valence-corrected chi connectivity index (χ3v) is 9.86. The number of hydrogen-bond acceptors (Lipinski definition) is 6. The van der Waals surface area contributed by atoms with Gasteiger partial charge in [0.2, 0.25) is 6.79 Å². The van der Waals surface area contributed by atoms with Gasteiger partial charge in [-0.05, 0) is 81.4 Å². The second kappa shape index (κ2) is 14.7. The Morgan fingerprint density at radius 2 is 1.38 bits per heavy atom. The number of imidazole rings is 1. The molecule has 8 rings (SSSR count). The second-order valence-corrected chi connectivity index (χ2v) is 13.5. The Kier molecular flexibility index (Phi) is 9.31. The van der Waals surface area contributed by atoms with Crippen molar-refractivity contribution in [2.24, 2.45) is 11.5 Å². The van der Waals surface area contributed by atoms with Gasteiger partial charge in [0.05, 0.1) is 11.0 Å². The van der Waals surface area contributed by atoms with Crippen LogP contribution in [-0.4, -0.2) is 33.0 Å². The highest BCUT2D eigenvalue weighted by Gasteiger charge is 2.21. The van der Waals surface area contributed by atoms with E-state index in [4.69, 9.17) is 31.3 Å². The monoisotopic (exact) mass is 700 g/mol. The number of carbonyl (C=O) groups excluding carboxylic acids is 1. The van der Waals surface area contributed by atoms with Crippen LogP contribution in [0.2, 0.25) is 0 Å². The number of hydrogen-bond donors (Lipinski definition) is 3. The summed E-state index contributed by atoms with van der Waals surface area (Å²) in [6.45, 7) is 2.16. The lowest BCUT2D eigenvalue weighted by Crippen LogP contribution is -2.30. The van der Waals surface area contributed by atoms with Gasteiger partial charge in [0, 0.05) is 43.7 Å². The Hall–Kier alpha value is -6.45. The highest BCUT2D eigenvalue weighted by Crippen LogP contribution is 2.33. The molecule has 0 bridgehead atoms. The number of rotatable bonds is 12. The first-order valence-corrected chi connectivity index (χ1v) is 17.8. The van der Waals surface area contributed by atoms with Gasteiger partial charge in [-0.25, -0.2) is 4.98 Å². The zero-order valence-electron chi connectivity index (χ0n) is 29.3. The van der Waals surface area contributed by atoms with Crippen molar-refractivity contribution in [2.75, 3.05) is 6.79 Å². The van der Waals surface area contributed by atoms with E-state index in [1.54, 1.807) is 0 Å². The lowest BCUT2D eigenvalue weighted by atomic mass is 10.1. The fraction of sp³-hybridized carbons (Fsp3) is 0.159. The molecule has 1 aliphatic rings. The summed E-state index contributed by atoms with van der Waals surface area (Å²) < 4.78 is 13.4. The molecule has 0 saturated carbocycles. The van der Waals surface area contributed by atoms with Crippen molar-refractivity contribution < 1.29 is 14.3 Å². The molecule has 0 fully saturated rings. The molecule has 9 heteroatoms. The van der Waals surface area contributed by atoms with Crippen LogP contribution in [0.4, 0.5) is 0 Å². The fourth-order valence-corrected chi connectivity index (χ4v) is 6.95. The molecule has 0 saturated heterocycles. The minimum Gasteiger partial charge on any atom is -0.454 e. The Balaban J connectivity index is 1.12. The number of nitrogens with one attached hydrogen (secondary N) is 1. The van der Waals surface area contributed by atoms with Gasteiger partial charge in [-0.2, -0.15) is 0 Å². The van der Waals surface area contributed by atoms with Crippen LogP contribution in [-0.2, 0) is 39.0 Å². The molecule has 1 amide bonds. The van der Waals surface area contributed by atoms with E-state index < -0.39 is 0 Å². The molecular weight excluding hydrogens is 661 g/mol. The van der Waals surface area contributed by atoms with Crippen molar-refractivity contribution in [3.63, 3.8) is 0 Å². The number of ether oxygens (including phenoxy) is 2. The molecule has 0 spiro atoms. The summed E-state index contributed by atoms with van der Waals surface area (Å²) in [6, 6.07) is 42.4. The van der Waals surface area contributed by atoms with Crippen LogP contribution in [0, 0.1) is 5.41 Å². The highest BCUT2D eigenvalue weighted by molar-refractivity contribution is 5.97. The minimum absolute atomic E-state index is 0.0488. The summed E-state index contributed by atoms with van der Waals surface area (Å²) in [6.07, 6.45) is 1.42. The Morgan fingerprint density at radius 3 is 2.17 bits per heavy atom. The first-order valence-electron chi connectivity index (χ1n) is 17.8. The third kappa shape index (κ3) is 7.33. The van der Waals surface area contributed by atoms with Gasteiger partial charge in [-0.1, -0.05) is 91.0 Å². The summed E-state index contributed by atoms with van der Waals surface area (Å²) in [5.41, 5.74) is 19.8. The smallest absolute Gasteiger partial charge is 0.254 e. The third-order valence-electron chi connectivity index (χ3n) is 9.86. The summed E-state index contributed by atoms with van der Waals surface area (Å²) in [5, 5.41) is 10.0. The zero-order valence-corrected chi connectivity index (χ0v) is 29.3. The Morgan fingerprint density at radius 1 is 0.698 bits per heavy atom. The van der Waals surface area contributed by atoms with E-state index in [9.17, 15) is 4.79 Å². The molecular formula is C44H40N6O3. The number of nitrogens with zero attached hydrogens (tertiary/aromatic N) is 3. The van der Waals surface area contributed by atoms with Crippen LogP contribution in [0.25, 0.3) is 21.8 Å². The number of carbonyl (C=O) groups is 1. The molecule has 53 heavy (non-hydrogen) atoms. The van der Waals surface area contributed by atoms with E-state index in [0.717, 1.165) is 73.4 Å². The molecule has 0 unspecified atom stereocenters. The van der Waals surface area contributed by atoms with Crippen LogP contribution in [0.5, 0.6) is 11.5 Å². The van der Waals surface area contributed by atoms with E-state index in [1.165, 1.54) is 0 Å². The maximum Gasteiger partial charge on any atom is 0.254 e. The van der Waals surface area contributed by atoms with Gasteiger partial charge >= 0.3 is 0 Å². The highest BCUT2D eigenvalue weighted by atomic mass is 16.7. The van der Waals surface area contributed by atoms with E-state index in [0.29, 0.717) is 43.7 Å². The largest absolute Gasteiger partial charge is 0.454 e. The second-order valence-electron chi connectivity index (χ2n) is 13.5. The quantitative estimate of drug-likeness (QED) is 0.0903. The van der Waals surface area contributed by atoms with E-state index in [1.807, 2.05) is 102 Å². The topological polar surface area (TPSA) is 132 Å². The molecule has 9 nitrogen and oxygen atoms in total. The average molecular weight is 701 g/mol. The normalized spacial score (nSPS) is 12.0. The number of benzene rings is 6. The fourth-order valence-electron chi connectivity index (χ4n) is 6.95. The van der Waals surface area contributed by atoms with Crippen LogP contribution in [0.3, 0.4) is 0 Å². The van der Waals surface area contributed by atoms with Gasteiger partial charge in [0.25, 0.3) is 5.91 Å². The van der Waals surface area contributed by atoms with E-state index in [2.05, 4.69) is 34.9 Å². The number of nitrogen functional groups attached to an aromatic ring is 1. The van der Waals surface area contributed by atoms with Crippen LogP contribution >= 0.6 is 0 Å². The number of amidine groups is 1. The van der Waals surface area contributed by atoms with Crippen molar-refractivity contribution >= 4 is 33.5 Å². The maximum atomic E-state index is 14.5. The van der Waals surface area contributed by atoms with Gasteiger partial charge in [-0.3, -0.25) is 10.2 Å². The molecule has 1 aliphatic heterocycles. The molecule has 264 valence electrons. The number of fused-ring (bicyclic) bond motifs is 3. The summed E-state index contributed by atoms with van der Waals surface area (Å²) in [4.78, 5) is 21.5. The SMILES string of the molecule is N=C(N)c1ccc(CCc2nc3cc(C(=O)N(Cc4ccc(CN)cc4)Cc4ccc5ccccc5c4)ccc3n2Cc2ccc3c(c2)OCO3)cc1. The predicted molar refractivity (Wildman–Crippen MR) is 208 cm³/mol. The van der Waals surface area contributed by atoms with Crippen molar-refractivity contribution in [3.05, 3.63) is 172 Å². The Bertz CT molecular complexity index is 2450. The zero-order chi connectivity index (χ0) is 36.3. The van der Waals surface area contributed by atoms with Crippen molar-refractivity contribution in [1.29, 1.82) is 5.41 Å². The van der Waals surface area contributed by atoms with Gasteiger partial charge in [0.1, 0.15) is 11.7 Å². The maximum absolute atomic E-state index is 14.5. The van der Waals surface area contributed by atoms with Gasteiger partial charge < -0.3 is 30.4 Å². The Labute approximate surface area is 307 Å². The first-order chi connectivity index (χ1) is 25.9. The van der Waals surface area contributed by atoms with Gasteiger partial charge in [0.15, 0.2) is 11.5 Å².